The minimum absolute atomic E-state index is 0.363. The summed E-state index contributed by atoms with van der Waals surface area (Å²) >= 11 is 0. The van der Waals surface area contributed by atoms with Crippen LogP contribution >= 0.6 is 0 Å². The molecular weight excluding hydrogens is 312 g/mol. The number of aromatic nitrogens is 6. The van der Waals surface area contributed by atoms with E-state index in [0.717, 1.165) is 24.2 Å². The molecule has 118 valence electrons. The first kappa shape index (κ1) is 14.3. The normalized spacial score (nSPS) is 15.7. The van der Waals surface area contributed by atoms with Gasteiger partial charge in [0.15, 0.2) is 5.82 Å². The lowest BCUT2D eigenvalue weighted by Gasteiger charge is -2.02. The van der Waals surface area contributed by atoms with Crippen LogP contribution < -0.4 is 0 Å². The summed E-state index contributed by atoms with van der Waals surface area (Å²) in [5.41, 5.74) is 1.79. The van der Waals surface area contributed by atoms with Crippen molar-refractivity contribution >= 4 is 10.8 Å². The zero-order chi connectivity index (χ0) is 15.6. The second kappa shape index (κ2) is 6.04. The van der Waals surface area contributed by atoms with Crippen LogP contribution in [0.2, 0.25) is 0 Å². The third kappa shape index (κ3) is 3.21. The largest absolute Gasteiger partial charge is 0.259 e. The van der Waals surface area contributed by atoms with E-state index in [2.05, 4.69) is 20.6 Å². The fourth-order valence-corrected chi connectivity index (χ4v) is 3.50. The van der Waals surface area contributed by atoms with Gasteiger partial charge < -0.3 is 0 Å². The van der Waals surface area contributed by atoms with Crippen LogP contribution in [0.3, 0.4) is 0 Å². The van der Waals surface area contributed by atoms with Gasteiger partial charge in [0.25, 0.3) is 0 Å². The molecule has 0 unspecified atom stereocenters. The van der Waals surface area contributed by atoms with Crippen LogP contribution in [0.25, 0.3) is 5.69 Å². The number of nitrogens with zero attached hydrogens (tertiary/aromatic N) is 6. The van der Waals surface area contributed by atoms with Gasteiger partial charge >= 0.3 is 0 Å². The number of rotatable bonds is 6. The van der Waals surface area contributed by atoms with Crippen molar-refractivity contribution in [1.29, 1.82) is 0 Å². The highest BCUT2D eigenvalue weighted by molar-refractivity contribution is 7.83. The fourth-order valence-electron chi connectivity index (χ4n) is 2.43. The molecule has 0 bridgehead atoms. The first-order valence-corrected chi connectivity index (χ1v) is 9.00. The lowest BCUT2D eigenvalue weighted by molar-refractivity contribution is 0.591. The molecule has 1 atom stereocenters. The molecule has 0 aliphatic heterocycles. The summed E-state index contributed by atoms with van der Waals surface area (Å²) in [6.07, 6.45) is 4.09. The van der Waals surface area contributed by atoms with Crippen LogP contribution in [-0.4, -0.2) is 34.2 Å². The monoisotopic (exact) mass is 328 g/mol. The maximum atomic E-state index is 12.4. The van der Waals surface area contributed by atoms with Gasteiger partial charge in [0.2, 0.25) is 0 Å². The zero-order valence-electron chi connectivity index (χ0n) is 12.4. The van der Waals surface area contributed by atoms with Crippen LogP contribution in [0.4, 0.5) is 0 Å². The van der Waals surface area contributed by atoms with E-state index in [4.69, 9.17) is 0 Å². The summed E-state index contributed by atoms with van der Waals surface area (Å²) in [4.78, 5) is 0. The SMILES string of the molecule is O=[S@@](Cc1ccn(-c2ccccc2)n1)Cc1nnnn1C1CC1. The van der Waals surface area contributed by atoms with Gasteiger partial charge in [-0.1, -0.05) is 18.2 Å². The molecule has 2 heterocycles. The Morgan fingerprint density at radius 3 is 2.74 bits per heavy atom. The van der Waals surface area contributed by atoms with E-state index in [1.165, 1.54) is 0 Å². The Hall–Kier alpha value is -2.35. The zero-order valence-corrected chi connectivity index (χ0v) is 13.3. The topological polar surface area (TPSA) is 78.5 Å². The van der Waals surface area contributed by atoms with Crippen molar-refractivity contribution in [3.05, 3.63) is 54.1 Å². The van der Waals surface area contributed by atoms with Crippen LogP contribution in [0, 0.1) is 0 Å². The van der Waals surface area contributed by atoms with Crippen molar-refractivity contribution in [2.45, 2.75) is 30.4 Å². The third-order valence-electron chi connectivity index (χ3n) is 3.72. The maximum Gasteiger partial charge on any atom is 0.164 e. The average Bonchev–Trinajstić information content (AvgIpc) is 3.13. The quantitative estimate of drug-likeness (QED) is 0.687. The molecular formula is C15H16N6OS. The molecule has 0 spiro atoms. The van der Waals surface area contributed by atoms with E-state index in [1.54, 1.807) is 9.36 Å². The fraction of sp³-hybridized carbons (Fsp3) is 0.333. The molecule has 7 nitrogen and oxygen atoms in total. The molecule has 1 aliphatic carbocycles. The smallest absolute Gasteiger partial charge is 0.164 e. The van der Waals surface area contributed by atoms with Crippen LogP contribution in [0.1, 0.15) is 30.4 Å². The summed E-state index contributed by atoms with van der Waals surface area (Å²) in [6, 6.07) is 12.2. The van der Waals surface area contributed by atoms with E-state index in [0.29, 0.717) is 23.4 Å². The number of hydrogen-bond acceptors (Lipinski definition) is 5. The molecule has 1 aromatic carbocycles. The lowest BCUT2D eigenvalue weighted by atomic mass is 10.3. The molecule has 3 aromatic rings. The molecule has 8 heteroatoms. The molecule has 4 rings (SSSR count). The Morgan fingerprint density at radius 1 is 1.13 bits per heavy atom. The Labute approximate surface area is 135 Å². The summed E-state index contributed by atoms with van der Waals surface area (Å²) in [7, 11) is -1.08. The van der Waals surface area contributed by atoms with Crippen molar-refractivity contribution in [3.8, 4) is 5.69 Å². The van der Waals surface area contributed by atoms with Crippen molar-refractivity contribution in [3.63, 3.8) is 0 Å². The molecule has 0 amide bonds. The molecule has 1 saturated carbocycles. The first-order chi connectivity index (χ1) is 11.3. The standard InChI is InChI=1S/C15H16N6OS/c22-23(11-15-16-18-19-21(15)14-6-7-14)10-12-8-9-20(17-12)13-4-2-1-3-5-13/h1-5,8-9,14H,6-7,10-11H2/t23-/m0/s1. The van der Waals surface area contributed by atoms with Gasteiger partial charge in [-0.3, -0.25) is 4.21 Å². The number of para-hydroxylation sites is 1. The minimum Gasteiger partial charge on any atom is -0.259 e. The van der Waals surface area contributed by atoms with Crippen LogP contribution in [0.5, 0.6) is 0 Å². The van der Waals surface area contributed by atoms with Gasteiger partial charge in [-0.2, -0.15) is 5.10 Å². The van der Waals surface area contributed by atoms with Gasteiger partial charge in [-0.05, 0) is 41.5 Å². The van der Waals surface area contributed by atoms with Gasteiger partial charge in [0.05, 0.1) is 28.9 Å². The van der Waals surface area contributed by atoms with Crippen molar-refractivity contribution in [1.82, 2.24) is 30.0 Å². The van der Waals surface area contributed by atoms with Crippen LogP contribution in [-0.2, 0) is 22.3 Å². The highest BCUT2D eigenvalue weighted by atomic mass is 32.2. The second-order valence-electron chi connectivity index (χ2n) is 5.59. The van der Waals surface area contributed by atoms with E-state index in [1.807, 2.05) is 42.6 Å². The predicted octanol–water partition coefficient (Wildman–Crippen LogP) is 1.64. The summed E-state index contributed by atoms with van der Waals surface area (Å²) in [5.74, 6) is 1.47. The Morgan fingerprint density at radius 2 is 1.96 bits per heavy atom. The lowest BCUT2D eigenvalue weighted by Crippen LogP contribution is -2.08. The van der Waals surface area contributed by atoms with Crippen LogP contribution in [0.15, 0.2) is 42.6 Å². The predicted molar refractivity (Wildman–Crippen MR) is 85.2 cm³/mol. The Bertz CT molecular complexity index is 823. The number of tetrazole rings is 1. The van der Waals surface area contributed by atoms with Gasteiger partial charge in [-0.15, -0.1) is 5.10 Å². The Balaban J connectivity index is 1.43. The second-order valence-corrected chi connectivity index (χ2v) is 7.04. The average molecular weight is 328 g/mol. The summed E-state index contributed by atoms with van der Waals surface area (Å²) < 4.78 is 16.0. The van der Waals surface area contributed by atoms with Crippen molar-refractivity contribution < 1.29 is 4.21 Å². The summed E-state index contributed by atoms with van der Waals surface area (Å²) in [6.45, 7) is 0. The number of benzene rings is 1. The van der Waals surface area contributed by atoms with Gasteiger partial charge in [0.1, 0.15) is 0 Å². The maximum absolute atomic E-state index is 12.4. The molecule has 0 radical (unpaired) electrons. The molecule has 1 fully saturated rings. The van der Waals surface area contributed by atoms with Crippen molar-refractivity contribution in [2.24, 2.45) is 0 Å². The number of hydrogen-bond donors (Lipinski definition) is 0. The first-order valence-electron chi connectivity index (χ1n) is 7.51. The van der Waals surface area contributed by atoms with Gasteiger partial charge in [-0.25, -0.2) is 9.36 Å². The molecule has 0 N–H and O–H groups in total. The molecule has 23 heavy (non-hydrogen) atoms. The summed E-state index contributed by atoms with van der Waals surface area (Å²) in [5, 5.41) is 16.2. The highest BCUT2D eigenvalue weighted by Crippen LogP contribution is 2.34. The van der Waals surface area contributed by atoms with E-state index in [9.17, 15) is 4.21 Å². The highest BCUT2D eigenvalue weighted by Gasteiger charge is 2.28. The van der Waals surface area contributed by atoms with Crippen molar-refractivity contribution in [2.75, 3.05) is 0 Å². The third-order valence-corrected chi connectivity index (χ3v) is 4.92. The van der Waals surface area contributed by atoms with E-state index in [-0.39, 0.29) is 0 Å². The van der Waals surface area contributed by atoms with E-state index < -0.39 is 10.8 Å². The van der Waals surface area contributed by atoms with E-state index >= 15 is 0 Å². The Kier molecular flexibility index (Phi) is 3.74. The molecule has 0 saturated heterocycles. The van der Waals surface area contributed by atoms with Gasteiger partial charge in [0, 0.05) is 17.0 Å². The molecule has 1 aliphatic rings. The molecule has 2 aromatic heterocycles. The minimum atomic E-state index is -1.08.